The van der Waals surface area contributed by atoms with Gasteiger partial charge in [-0.2, -0.15) is 11.8 Å². The van der Waals surface area contributed by atoms with Crippen LogP contribution < -0.4 is 0 Å². The minimum atomic E-state index is -1.82. The highest BCUT2D eigenvalue weighted by molar-refractivity contribution is 7.99. The number of nitrogens with zero attached hydrogens (tertiary/aromatic N) is 2. The van der Waals surface area contributed by atoms with Gasteiger partial charge in [0.1, 0.15) is 0 Å². The smallest absolute Gasteiger partial charge is 0.414 e. The summed E-state index contributed by atoms with van der Waals surface area (Å²) in [5.74, 6) is -1.28. The van der Waals surface area contributed by atoms with Crippen molar-refractivity contribution >= 4 is 23.7 Å². The predicted molar refractivity (Wildman–Crippen MR) is 122 cm³/mol. The fourth-order valence-corrected chi connectivity index (χ4v) is 3.77. The molecule has 0 fully saturated rings. The third kappa shape index (κ3) is 18.5. The Morgan fingerprint density at radius 2 is 1.57 bits per heavy atom. The summed E-state index contributed by atoms with van der Waals surface area (Å²) in [6, 6.07) is 0. The molecule has 1 heterocycles. The van der Waals surface area contributed by atoms with Gasteiger partial charge in [-0.3, -0.25) is 0 Å². The lowest BCUT2D eigenvalue weighted by Crippen LogP contribution is -2.23. The molecule has 0 aliphatic carbocycles. The number of ether oxygens (including phenoxy) is 1. The highest BCUT2D eigenvalue weighted by Gasteiger charge is 2.10. The number of hydrogen-bond donors (Lipinski definition) is 2. The highest BCUT2D eigenvalue weighted by Crippen LogP contribution is 2.14. The van der Waals surface area contributed by atoms with Crippen molar-refractivity contribution in [1.82, 2.24) is 9.55 Å². The third-order valence-corrected chi connectivity index (χ3v) is 5.64. The van der Waals surface area contributed by atoms with Crippen LogP contribution in [0.3, 0.4) is 0 Å². The van der Waals surface area contributed by atoms with E-state index in [2.05, 4.69) is 35.2 Å². The van der Waals surface area contributed by atoms with E-state index in [9.17, 15) is 0 Å². The van der Waals surface area contributed by atoms with E-state index >= 15 is 0 Å². The molecule has 0 saturated carbocycles. The molecule has 1 unspecified atom stereocenters. The number of rotatable bonds is 17. The average Bonchev–Trinajstić information content (AvgIpc) is 3.23. The number of hydrogen-bond acceptors (Lipinski definition) is 5. The van der Waals surface area contributed by atoms with Crippen LogP contribution in [-0.2, 0) is 20.9 Å². The number of thioether (sulfide) groups is 1. The van der Waals surface area contributed by atoms with E-state index in [1.807, 2.05) is 18.7 Å². The fourth-order valence-electron chi connectivity index (χ4n) is 2.73. The van der Waals surface area contributed by atoms with E-state index in [0.717, 1.165) is 25.3 Å². The van der Waals surface area contributed by atoms with Crippen LogP contribution in [0, 0.1) is 0 Å². The van der Waals surface area contributed by atoms with Gasteiger partial charge in [0, 0.05) is 24.8 Å². The Morgan fingerprint density at radius 1 is 0.967 bits per heavy atom. The summed E-state index contributed by atoms with van der Waals surface area (Å²) in [5, 5.41) is 14.8. The van der Waals surface area contributed by atoms with E-state index < -0.39 is 11.9 Å². The van der Waals surface area contributed by atoms with E-state index in [0.29, 0.717) is 6.10 Å². The van der Waals surface area contributed by atoms with Gasteiger partial charge in [0.15, 0.2) is 0 Å². The summed E-state index contributed by atoms with van der Waals surface area (Å²) in [7, 11) is 0. The van der Waals surface area contributed by atoms with Crippen molar-refractivity contribution in [3.8, 4) is 0 Å². The fraction of sp³-hybridized carbons (Fsp3) is 0.773. The molecule has 30 heavy (non-hydrogen) atoms. The summed E-state index contributed by atoms with van der Waals surface area (Å²) in [6.45, 7) is 6.30. The van der Waals surface area contributed by atoms with Crippen LogP contribution in [0.1, 0.15) is 78.1 Å². The van der Waals surface area contributed by atoms with Crippen LogP contribution in [0.4, 0.5) is 0 Å². The van der Waals surface area contributed by atoms with E-state index in [1.54, 1.807) is 0 Å². The van der Waals surface area contributed by atoms with Crippen molar-refractivity contribution in [1.29, 1.82) is 0 Å². The molecule has 0 spiro atoms. The van der Waals surface area contributed by atoms with Crippen LogP contribution in [0.15, 0.2) is 18.7 Å². The van der Waals surface area contributed by atoms with Crippen molar-refractivity contribution in [2.75, 3.05) is 18.1 Å². The molecule has 8 heteroatoms. The molecule has 0 aliphatic rings. The first-order valence-corrected chi connectivity index (χ1v) is 12.3. The highest BCUT2D eigenvalue weighted by atomic mass is 32.2. The van der Waals surface area contributed by atoms with Crippen LogP contribution >= 0.6 is 11.8 Å². The Morgan fingerprint density at radius 3 is 2.10 bits per heavy atom. The van der Waals surface area contributed by atoms with E-state index in [-0.39, 0.29) is 0 Å². The first-order valence-electron chi connectivity index (χ1n) is 11.1. The molecule has 0 radical (unpaired) electrons. The maximum atomic E-state index is 9.10. The molecule has 0 aromatic carbocycles. The van der Waals surface area contributed by atoms with Crippen molar-refractivity contribution in [3.63, 3.8) is 0 Å². The molecule has 7 nitrogen and oxygen atoms in total. The first kappa shape index (κ1) is 28.5. The molecule has 1 aromatic heterocycles. The van der Waals surface area contributed by atoms with Crippen molar-refractivity contribution in [2.24, 2.45) is 0 Å². The maximum Gasteiger partial charge on any atom is 0.414 e. The lowest BCUT2D eigenvalue weighted by atomic mass is 10.1. The quantitative estimate of drug-likeness (QED) is 0.255. The molecular weight excluding hydrogens is 404 g/mol. The summed E-state index contributed by atoms with van der Waals surface area (Å²) in [4.78, 5) is 22.3. The molecule has 1 rings (SSSR count). The van der Waals surface area contributed by atoms with Crippen molar-refractivity contribution < 1.29 is 24.5 Å². The number of aromatic nitrogens is 2. The average molecular weight is 445 g/mol. The van der Waals surface area contributed by atoms with E-state index in [1.165, 1.54) is 63.5 Å². The zero-order valence-electron chi connectivity index (χ0n) is 18.6. The Kier molecular flexibility index (Phi) is 19.7. The number of carbonyl (C=O) groups is 2. The summed E-state index contributed by atoms with van der Waals surface area (Å²) in [6.07, 6.45) is 19.6. The second-order valence-electron chi connectivity index (χ2n) is 7.27. The molecule has 0 saturated heterocycles. The first-order chi connectivity index (χ1) is 14.5. The van der Waals surface area contributed by atoms with Gasteiger partial charge < -0.3 is 19.5 Å². The molecule has 0 amide bonds. The lowest BCUT2D eigenvalue weighted by molar-refractivity contribution is -0.159. The van der Waals surface area contributed by atoms with Gasteiger partial charge in [-0.05, 0) is 18.6 Å². The van der Waals surface area contributed by atoms with Crippen LogP contribution in [-0.4, -0.2) is 55.9 Å². The molecule has 0 aliphatic heterocycles. The van der Waals surface area contributed by atoms with Gasteiger partial charge >= 0.3 is 11.9 Å². The van der Waals surface area contributed by atoms with Gasteiger partial charge in [0.25, 0.3) is 0 Å². The Bertz CT molecular complexity index is 514. The molecule has 1 aromatic rings. The van der Waals surface area contributed by atoms with Crippen LogP contribution in [0.25, 0.3) is 0 Å². The topological polar surface area (TPSA) is 102 Å². The molecule has 1 atom stereocenters. The second-order valence-corrected chi connectivity index (χ2v) is 8.42. The van der Waals surface area contributed by atoms with E-state index in [4.69, 9.17) is 24.5 Å². The van der Waals surface area contributed by atoms with Gasteiger partial charge in [-0.25, -0.2) is 14.6 Å². The van der Waals surface area contributed by atoms with Gasteiger partial charge in [0.2, 0.25) is 0 Å². The zero-order valence-corrected chi connectivity index (χ0v) is 19.4. The normalized spacial score (nSPS) is 11.5. The number of aliphatic carboxylic acids is 2. The summed E-state index contributed by atoms with van der Waals surface area (Å²) < 4.78 is 8.20. The minimum Gasteiger partial charge on any atom is -0.473 e. The number of imidazole rings is 1. The largest absolute Gasteiger partial charge is 0.473 e. The molecular formula is C22H40N2O5S. The SMILES string of the molecule is CCCCCCCCCCSCC(Cn1ccnc1)OCCCC.O=C(O)C(=O)O. The van der Waals surface area contributed by atoms with Crippen molar-refractivity contribution in [2.45, 2.75) is 90.7 Å². The van der Waals surface area contributed by atoms with Crippen LogP contribution in [0.5, 0.6) is 0 Å². The zero-order chi connectivity index (χ0) is 22.5. The molecule has 2 N–H and O–H groups in total. The maximum absolute atomic E-state index is 9.10. The van der Waals surface area contributed by atoms with Gasteiger partial charge in [0.05, 0.1) is 19.0 Å². The number of carboxylic acids is 2. The summed E-state index contributed by atoms with van der Waals surface area (Å²) >= 11 is 2.05. The Balaban J connectivity index is 0.00000122. The number of carboxylic acid groups (broad SMARTS) is 2. The van der Waals surface area contributed by atoms with Gasteiger partial charge in [-0.1, -0.05) is 65.2 Å². The Hall–Kier alpha value is -1.54. The van der Waals surface area contributed by atoms with Gasteiger partial charge in [-0.15, -0.1) is 0 Å². The lowest BCUT2D eigenvalue weighted by Gasteiger charge is -2.18. The monoisotopic (exact) mass is 444 g/mol. The van der Waals surface area contributed by atoms with Crippen molar-refractivity contribution in [3.05, 3.63) is 18.7 Å². The second kappa shape index (κ2) is 20.7. The number of unbranched alkanes of at least 4 members (excludes halogenated alkanes) is 8. The Labute approximate surface area is 185 Å². The standard InChI is InChI=1S/C20H38N2OS.C2H2O4/c1-3-5-7-8-9-10-11-12-16-24-18-20(23-15-6-4-2)17-22-14-13-21-19-22;3-1(4)2(5)6/h13-14,19-20H,3-12,15-18H2,1-2H3;(H,3,4)(H,5,6). The molecule has 174 valence electrons. The molecule has 0 bridgehead atoms. The third-order valence-electron chi connectivity index (χ3n) is 4.45. The van der Waals surface area contributed by atoms with Crippen LogP contribution in [0.2, 0.25) is 0 Å². The summed E-state index contributed by atoms with van der Waals surface area (Å²) in [5.41, 5.74) is 0. The minimum absolute atomic E-state index is 0.310. The predicted octanol–water partition coefficient (Wildman–Crippen LogP) is 5.10.